The lowest BCUT2D eigenvalue weighted by Crippen LogP contribution is -2.56. The number of amides is 1. The van der Waals surface area contributed by atoms with E-state index in [0.29, 0.717) is 11.9 Å². The van der Waals surface area contributed by atoms with Crippen molar-refractivity contribution < 1.29 is 4.79 Å². The van der Waals surface area contributed by atoms with E-state index in [4.69, 9.17) is 10.7 Å². The van der Waals surface area contributed by atoms with Crippen molar-refractivity contribution >= 4 is 39.1 Å². The summed E-state index contributed by atoms with van der Waals surface area (Å²) in [4.78, 5) is 21.0. The number of allylic oxidation sites excluding steroid dienone is 4. The van der Waals surface area contributed by atoms with Gasteiger partial charge in [-0.3, -0.25) is 9.69 Å². The Labute approximate surface area is 167 Å². The molecule has 0 bridgehead atoms. The van der Waals surface area contributed by atoms with Crippen LogP contribution in [0.4, 0.5) is 0 Å². The van der Waals surface area contributed by atoms with E-state index in [1.165, 1.54) is 20.9 Å². The molecule has 1 aromatic heterocycles. The van der Waals surface area contributed by atoms with Crippen molar-refractivity contribution in [2.24, 2.45) is 28.5 Å². The number of aryl methyl sites for hydroxylation is 1. The number of halogens is 1. The average molecular weight is 434 g/mol. The highest BCUT2D eigenvalue weighted by Gasteiger charge is 2.55. The highest BCUT2D eigenvalue weighted by molar-refractivity contribution is 9.11. The molecule has 3 atom stereocenters. The molecule has 0 fully saturated rings. The minimum absolute atomic E-state index is 0.0888. The molecule has 26 heavy (non-hydrogen) atoms. The number of guanidine groups is 1. The van der Waals surface area contributed by atoms with E-state index in [2.05, 4.69) is 54.1 Å². The van der Waals surface area contributed by atoms with Gasteiger partial charge in [-0.25, -0.2) is 4.99 Å². The van der Waals surface area contributed by atoms with Crippen LogP contribution in [0.5, 0.6) is 0 Å². The molecule has 1 aliphatic heterocycles. The second-order valence-corrected chi connectivity index (χ2v) is 10.2. The summed E-state index contributed by atoms with van der Waals surface area (Å²) in [6.07, 6.45) is 9.40. The Morgan fingerprint density at radius 3 is 2.88 bits per heavy atom. The van der Waals surface area contributed by atoms with E-state index in [1.807, 2.05) is 0 Å². The van der Waals surface area contributed by atoms with Crippen LogP contribution in [0.2, 0.25) is 0 Å². The first-order chi connectivity index (χ1) is 12.3. The topological polar surface area (TPSA) is 58.7 Å². The van der Waals surface area contributed by atoms with Crippen molar-refractivity contribution in [3.8, 4) is 0 Å². The van der Waals surface area contributed by atoms with Crippen LogP contribution in [-0.2, 0) is 16.8 Å². The van der Waals surface area contributed by atoms with Gasteiger partial charge in [-0.1, -0.05) is 32.1 Å². The van der Waals surface area contributed by atoms with Crippen LogP contribution in [0.3, 0.4) is 0 Å². The molecule has 1 spiro atoms. The summed E-state index contributed by atoms with van der Waals surface area (Å²) in [5.74, 6) is 0.877. The Morgan fingerprint density at radius 1 is 1.46 bits per heavy atom. The van der Waals surface area contributed by atoms with Crippen LogP contribution in [-0.4, -0.2) is 23.8 Å². The van der Waals surface area contributed by atoms with Crippen molar-refractivity contribution in [2.75, 3.05) is 7.05 Å². The van der Waals surface area contributed by atoms with Gasteiger partial charge in [-0.15, -0.1) is 11.3 Å². The number of nitrogens with zero attached hydrogens (tertiary/aromatic N) is 2. The lowest BCUT2D eigenvalue weighted by atomic mass is 9.70. The highest BCUT2D eigenvalue weighted by atomic mass is 79.9. The van der Waals surface area contributed by atoms with Gasteiger partial charge in [0.25, 0.3) is 0 Å². The number of hydrogen-bond acceptors (Lipinski definition) is 4. The molecule has 1 amide bonds. The Balaban J connectivity index is 1.79. The van der Waals surface area contributed by atoms with Gasteiger partial charge in [-0.2, -0.15) is 0 Å². The van der Waals surface area contributed by atoms with E-state index in [1.54, 1.807) is 18.4 Å². The summed E-state index contributed by atoms with van der Waals surface area (Å²) < 4.78 is 1.10. The number of fused-ring (bicyclic) bond motifs is 2. The van der Waals surface area contributed by atoms with Gasteiger partial charge in [0.1, 0.15) is 5.54 Å². The van der Waals surface area contributed by atoms with Crippen LogP contribution in [0.25, 0.3) is 0 Å². The van der Waals surface area contributed by atoms with Gasteiger partial charge in [0, 0.05) is 11.9 Å². The molecule has 4 rings (SSSR count). The monoisotopic (exact) mass is 433 g/mol. The Kier molecular flexibility index (Phi) is 4.39. The Bertz CT molecular complexity index is 853. The smallest absolute Gasteiger partial charge is 0.235 e. The van der Waals surface area contributed by atoms with E-state index in [-0.39, 0.29) is 17.7 Å². The van der Waals surface area contributed by atoms with Crippen LogP contribution in [0.1, 0.15) is 37.1 Å². The van der Waals surface area contributed by atoms with Crippen molar-refractivity contribution in [1.29, 1.82) is 0 Å². The number of carbonyl (C=O) groups is 1. The fraction of sp³-hybridized carbons (Fsp3) is 0.500. The molecule has 2 N–H and O–H groups in total. The minimum atomic E-state index is -0.516. The largest absolute Gasteiger partial charge is 0.369 e. The van der Waals surface area contributed by atoms with Gasteiger partial charge in [0.15, 0.2) is 5.96 Å². The third-order valence-electron chi connectivity index (χ3n) is 5.97. The second kappa shape index (κ2) is 6.34. The molecule has 1 aromatic rings. The molecule has 2 aliphatic carbocycles. The first kappa shape index (κ1) is 18.0. The van der Waals surface area contributed by atoms with Gasteiger partial charge in [-0.05, 0) is 64.2 Å². The van der Waals surface area contributed by atoms with E-state index >= 15 is 0 Å². The zero-order valence-corrected chi connectivity index (χ0v) is 17.7. The summed E-state index contributed by atoms with van der Waals surface area (Å²) in [5, 5.41) is 0. The SMILES string of the molecule is CC(C)C1=CCC([C@H]2C(=O)N(C)C(N)=N[C@@]23CCc2cc(Br)sc23)C=C1. The van der Waals surface area contributed by atoms with Gasteiger partial charge in [0.05, 0.1) is 9.70 Å². The molecule has 6 heteroatoms. The maximum absolute atomic E-state index is 13.3. The Hall–Kier alpha value is -1.40. The summed E-state index contributed by atoms with van der Waals surface area (Å²) in [6, 6.07) is 2.17. The summed E-state index contributed by atoms with van der Waals surface area (Å²) >= 11 is 5.31. The molecule has 0 saturated heterocycles. The number of aliphatic imine (C=N–C) groups is 1. The van der Waals surface area contributed by atoms with Gasteiger partial charge < -0.3 is 5.73 Å². The zero-order valence-electron chi connectivity index (χ0n) is 15.3. The van der Waals surface area contributed by atoms with Crippen LogP contribution >= 0.6 is 27.3 Å². The zero-order chi connectivity index (χ0) is 18.6. The molecule has 3 aliphatic rings. The number of rotatable bonds is 2. The van der Waals surface area contributed by atoms with Gasteiger partial charge >= 0.3 is 0 Å². The number of carbonyl (C=O) groups excluding carboxylic acids is 1. The summed E-state index contributed by atoms with van der Waals surface area (Å²) in [5.41, 5.74) is 8.30. The first-order valence-corrected chi connectivity index (χ1v) is 10.7. The quantitative estimate of drug-likeness (QED) is 0.758. The minimum Gasteiger partial charge on any atom is -0.369 e. The number of nitrogens with two attached hydrogens (primary N) is 1. The van der Waals surface area contributed by atoms with Crippen LogP contribution in [0.15, 0.2) is 38.6 Å². The average Bonchev–Trinajstić information content (AvgIpc) is 3.13. The molecule has 1 unspecified atom stereocenters. The Morgan fingerprint density at radius 2 is 2.23 bits per heavy atom. The number of thiophene rings is 1. The van der Waals surface area contributed by atoms with Crippen LogP contribution in [0, 0.1) is 17.8 Å². The predicted molar refractivity (Wildman–Crippen MR) is 110 cm³/mol. The van der Waals surface area contributed by atoms with E-state index in [9.17, 15) is 4.79 Å². The van der Waals surface area contributed by atoms with E-state index < -0.39 is 5.54 Å². The molecule has 138 valence electrons. The van der Waals surface area contributed by atoms with Crippen molar-refractivity contribution in [1.82, 2.24) is 4.90 Å². The third-order valence-corrected chi connectivity index (χ3v) is 7.82. The second-order valence-electron chi connectivity index (χ2n) is 7.79. The third kappa shape index (κ3) is 2.61. The molecule has 0 radical (unpaired) electrons. The normalized spacial score (nSPS) is 30.8. The van der Waals surface area contributed by atoms with Crippen LogP contribution < -0.4 is 5.73 Å². The fourth-order valence-corrected chi connectivity index (χ4v) is 6.43. The highest BCUT2D eigenvalue weighted by Crippen LogP contribution is 2.55. The lowest BCUT2D eigenvalue weighted by Gasteiger charge is -2.43. The van der Waals surface area contributed by atoms with Crippen molar-refractivity contribution in [3.05, 3.63) is 44.1 Å². The fourth-order valence-electron chi connectivity index (χ4n) is 4.53. The standard InChI is InChI=1S/C20H24BrN3OS/c1-11(2)12-4-6-13(7-5-12)16-18(25)24(3)19(22)23-20(16)9-8-14-10-15(21)26-17(14)20/h4-6,10-11,13,16H,7-9H2,1-3H3,(H2,22,23)/t13?,16-,20-/m0/s1. The van der Waals surface area contributed by atoms with E-state index in [0.717, 1.165) is 23.0 Å². The predicted octanol–water partition coefficient (Wildman–Crippen LogP) is 4.21. The first-order valence-electron chi connectivity index (χ1n) is 9.13. The molecule has 0 aromatic carbocycles. The molecule has 4 nitrogen and oxygen atoms in total. The summed E-state index contributed by atoms with van der Waals surface area (Å²) in [7, 11) is 1.74. The molecular formula is C20H24BrN3OS. The number of hydrogen-bond donors (Lipinski definition) is 1. The maximum Gasteiger partial charge on any atom is 0.235 e. The molecular weight excluding hydrogens is 410 g/mol. The summed E-state index contributed by atoms with van der Waals surface area (Å²) in [6.45, 7) is 4.41. The maximum atomic E-state index is 13.3. The van der Waals surface area contributed by atoms with Gasteiger partial charge in [0.2, 0.25) is 5.91 Å². The van der Waals surface area contributed by atoms with Crippen molar-refractivity contribution in [2.45, 2.75) is 38.6 Å². The molecule has 0 saturated carbocycles. The van der Waals surface area contributed by atoms with Crippen molar-refractivity contribution in [3.63, 3.8) is 0 Å². The molecule has 2 heterocycles. The lowest BCUT2D eigenvalue weighted by molar-refractivity contribution is -0.136.